The first-order chi connectivity index (χ1) is 15.0. The lowest BCUT2D eigenvalue weighted by atomic mass is 9.70. The lowest BCUT2D eigenvalue weighted by Gasteiger charge is -2.40. The number of aromatic nitrogens is 2. The number of anilines is 2. The first kappa shape index (κ1) is 22.4. The summed E-state index contributed by atoms with van der Waals surface area (Å²) in [6, 6.07) is 12.5. The first-order valence-electron chi connectivity index (χ1n) is 11.7. The molecule has 1 aliphatic carbocycles. The molecule has 5 heteroatoms. The highest BCUT2D eigenvalue weighted by Gasteiger charge is 2.35. The Morgan fingerprint density at radius 2 is 1.88 bits per heavy atom. The van der Waals surface area contributed by atoms with Crippen LogP contribution in [0.4, 0.5) is 11.6 Å². The molecule has 0 unspecified atom stereocenters. The highest BCUT2D eigenvalue weighted by Crippen LogP contribution is 2.46. The van der Waals surface area contributed by atoms with Crippen molar-refractivity contribution < 1.29 is 9.90 Å². The number of benzene rings is 2. The van der Waals surface area contributed by atoms with E-state index in [4.69, 9.17) is 4.98 Å². The van der Waals surface area contributed by atoms with Gasteiger partial charge in [0.05, 0.1) is 16.6 Å². The predicted octanol–water partition coefficient (Wildman–Crippen LogP) is 7.30. The number of fused-ring (bicyclic) bond motifs is 1. The minimum absolute atomic E-state index is 0.255. The Labute approximate surface area is 190 Å². The minimum Gasteiger partial charge on any atom is -0.478 e. The number of hydrogen-bond donors (Lipinski definition) is 2. The van der Waals surface area contributed by atoms with Crippen LogP contribution < -0.4 is 5.32 Å². The van der Waals surface area contributed by atoms with E-state index in [1.807, 2.05) is 13.0 Å². The highest BCUT2D eigenvalue weighted by atomic mass is 16.4. The molecule has 2 aromatic carbocycles. The molecule has 0 amide bonds. The molecule has 1 fully saturated rings. The van der Waals surface area contributed by atoms with Crippen LogP contribution in [-0.4, -0.2) is 20.6 Å². The van der Waals surface area contributed by atoms with Crippen molar-refractivity contribution in [1.29, 1.82) is 0 Å². The van der Waals surface area contributed by atoms with E-state index in [2.05, 4.69) is 68.8 Å². The number of aromatic carboxylic acids is 1. The molecule has 32 heavy (non-hydrogen) atoms. The third kappa shape index (κ3) is 4.38. The van der Waals surface area contributed by atoms with Gasteiger partial charge in [-0.05, 0) is 78.8 Å². The molecule has 1 heterocycles. The molecule has 1 aliphatic rings. The lowest BCUT2D eigenvalue weighted by molar-refractivity contribution is 0.0696. The molecular formula is C27H35N3O2. The van der Waals surface area contributed by atoms with E-state index in [1.54, 1.807) is 6.07 Å². The maximum absolute atomic E-state index is 11.7. The van der Waals surface area contributed by atoms with Gasteiger partial charge in [0.2, 0.25) is 5.95 Å². The quantitative estimate of drug-likeness (QED) is 0.443. The van der Waals surface area contributed by atoms with Gasteiger partial charge < -0.3 is 15.0 Å². The zero-order valence-electron chi connectivity index (χ0n) is 20.1. The molecule has 0 aliphatic heterocycles. The largest absolute Gasteiger partial charge is 0.478 e. The zero-order valence-corrected chi connectivity index (χ0v) is 20.1. The van der Waals surface area contributed by atoms with E-state index in [1.165, 1.54) is 12.0 Å². The monoisotopic (exact) mass is 433 g/mol. The summed E-state index contributed by atoms with van der Waals surface area (Å²) in [4.78, 5) is 16.6. The summed E-state index contributed by atoms with van der Waals surface area (Å²) in [7, 11) is 0. The van der Waals surface area contributed by atoms with Crippen molar-refractivity contribution in [3.8, 4) is 0 Å². The second-order valence-corrected chi connectivity index (χ2v) is 10.7. The zero-order chi connectivity index (χ0) is 23.2. The summed E-state index contributed by atoms with van der Waals surface area (Å²) in [5.41, 5.74) is 5.35. The second-order valence-electron chi connectivity index (χ2n) is 10.7. The third-order valence-electron chi connectivity index (χ3n) is 6.83. The molecule has 2 N–H and O–H groups in total. The van der Waals surface area contributed by atoms with Gasteiger partial charge in [0.25, 0.3) is 0 Å². The van der Waals surface area contributed by atoms with Gasteiger partial charge in [0, 0.05) is 11.7 Å². The topological polar surface area (TPSA) is 67.2 Å². The van der Waals surface area contributed by atoms with Crippen LogP contribution in [0.1, 0.15) is 87.3 Å². The molecule has 1 saturated carbocycles. The molecule has 0 spiro atoms. The summed E-state index contributed by atoms with van der Waals surface area (Å²) in [5.74, 6) is 0.982. The van der Waals surface area contributed by atoms with Crippen LogP contribution in [-0.2, 0) is 0 Å². The highest BCUT2D eigenvalue weighted by molar-refractivity contribution is 5.95. The van der Waals surface area contributed by atoms with Gasteiger partial charge in [-0.3, -0.25) is 0 Å². The van der Waals surface area contributed by atoms with Crippen molar-refractivity contribution in [1.82, 2.24) is 9.55 Å². The van der Waals surface area contributed by atoms with E-state index < -0.39 is 5.97 Å². The molecule has 0 saturated heterocycles. The van der Waals surface area contributed by atoms with Crippen LogP contribution in [0.3, 0.4) is 0 Å². The number of nitrogens with zero attached hydrogens (tertiary/aromatic N) is 2. The number of hydrogen-bond acceptors (Lipinski definition) is 3. The Hall–Kier alpha value is -2.82. The Balaban J connectivity index is 1.82. The van der Waals surface area contributed by atoms with E-state index in [0.717, 1.165) is 41.1 Å². The molecular weight excluding hydrogens is 398 g/mol. The summed E-state index contributed by atoms with van der Waals surface area (Å²) in [6.45, 7) is 13.3. The number of aryl methyl sites for hydroxylation is 1. The molecule has 0 radical (unpaired) electrons. The number of rotatable bonds is 5. The normalized spacial score (nSPS) is 20.6. The Kier molecular flexibility index (Phi) is 5.78. The fourth-order valence-electron chi connectivity index (χ4n) is 5.51. The molecule has 1 aromatic heterocycles. The van der Waals surface area contributed by atoms with Crippen LogP contribution in [0.5, 0.6) is 0 Å². The van der Waals surface area contributed by atoms with Crippen LogP contribution in [0.2, 0.25) is 0 Å². The van der Waals surface area contributed by atoms with Gasteiger partial charge >= 0.3 is 5.97 Å². The Morgan fingerprint density at radius 3 is 2.47 bits per heavy atom. The number of imidazole rings is 1. The Bertz CT molecular complexity index is 1140. The van der Waals surface area contributed by atoms with Crippen molar-refractivity contribution >= 4 is 28.6 Å². The maximum atomic E-state index is 11.7. The van der Waals surface area contributed by atoms with E-state index >= 15 is 0 Å². The molecule has 5 nitrogen and oxygen atoms in total. The summed E-state index contributed by atoms with van der Waals surface area (Å²) >= 11 is 0. The average molecular weight is 434 g/mol. The maximum Gasteiger partial charge on any atom is 0.336 e. The van der Waals surface area contributed by atoms with Gasteiger partial charge in [0.15, 0.2) is 0 Å². The standard InChI is InChI=1S/C27H35N3O2/c1-16(2)19-7-9-20(10-8-19)28-26-29-23-13-22(25(31)32)18(4)12-24(23)30(26)21-11-17(3)14-27(5,6)15-21/h7-10,12-13,16-17,21H,11,14-15H2,1-6H3,(H,28,29)(H,31,32)/t17-,21+/m0/s1. The van der Waals surface area contributed by atoms with Gasteiger partial charge in [-0.2, -0.15) is 0 Å². The number of carboxylic acids is 1. The van der Waals surface area contributed by atoms with Crippen LogP contribution in [0, 0.1) is 18.3 Å². The summed E-state index contributed by atoms with van der Waals surface area (Å²) in [5, 5.41) is 13.1. The fourth-order valence-corrected chi connectivity index (χ4v) is 5.51. The average Bonchev–Trinajstić information content (AvgIpc) is 3.02. The summed E-state index contributed by atoms with van der Waals surface area (Å²) < 4.78 is 2.32. The van der Waals surface area contributed by atoms with E-state index in [-0.39, 0.29) is 5.41 Å². The SMILES string of the molecule is Cc1cc2c(cc1C(=O)O)nc(Nc1ccc(C(C)C)cc1)n2[C@@H]1C[C@H](C)CC(C)(C)C1. The van der Waals surface area contributed by atoms with Gasteiger partial charge in [-0.15, -0.1) is 0 Å². The van der Waals surface area contributed by atoms with Crippen LogP contribution >= 0.6 is 0 Å². The predicted molar refractivity (Wildman–Crippen MR) is 131 cm³/mol. The number of carboxylic acid groups (broad SMARTS) is 1. The Morgan fingerprint density at radius 1 is 1.19 bits per heavy atom. The van der Waals surface area contributed by atoms with E-state index in [0.29, 0.717) is 23.4 Å². The molecule has 0 bridgehead atoms. The van der Waals surface area contributed by atoms with E-state index in [9.17, 15) is 9.90 Å². The van der Waals surface area contributed by atoms with Gasteiger partial charge in [-0.25, -0.2) is 9.78 Å². The van der Waals surface area contributed by atoms with Gasteiger partial charge in [0.1, 0.15) is 0 Å². The minimum atomic E-state index is -0.912. The van der Waals surface area contributed by atoms with Crippen molar-refractivity contribution in [3.63, 3.8) is 0 Å². The molecule has 3 aromatic rings. The molecule has 4 rings (SSSR count). The van der Waals surface area contributed by atoms with Crippen molar-refractivity contribution in [2.24, 2.45) is 11.3 Å². The van der Waals surface area contributed by atoms with Crippen LogP contribution in [0.25, 0.3) is 11.0 Å². The number of carbonyl (C=O) groups is 1. The van der Waals surface area contributed by atoms with Crippen molar-refractivity contribution in [2.45, 2.75) is 72.8 Å². The first-order valence-corrected chi connectivity index (χ1v) is 11.7. The smallest absolute Gasteiger partial charge is 0.336 e. The van der Waals surface area contributed by atoms with Crippen LogP contribution in [0.15, 0.2) is 36.4 Å². The van der Waals surface area contributed by atoms with Crippen molar-refractivity contribution in [3.05, 3.63) is 53.1 Å². The van der Waals surface area contributed by atoms with Crippen molar-refractivity contribution in [2.75, 3.05) is 5.32 Å². The fraction of sp³-hybridized carbons (Fsp3) is 0.481. The lowest BCUT2D eigenvalue weighted by Crippen LogP contribution is -2.29. The third-order valence-corrected chi connectivity index (χ3v) is 6.83. The summed E-state index contributed by atoms with van der Waals surface area (Å²) in [6.07, 6.45) is 3.39. The van der Waals surface area contributed by atoms with Gasteiger partial charge in [-0.1, -0.05) is 46.8 Å². The second kappa shape index (κ2) is 8.27. The molecule has 2 atom stereocenters. The molecule has 170 valence electrons. The number of nitrogens with one attached hydrogen (secondary N) is 1.